The van der Waals surface area contributed by atoms with Crippen LogP contribution in [0.25, 0.3) is 0 Å². The van der Waals surface area contributed by atoms with E-state index in [4.69, 9.17) is 0 Å². The molecule has 0 aliphatic rings. The van der Waals surface area contributed by atoms with Crippen LogP contribution in [0.4, 0.5) is 0 Å². The minimum absolute atomic E-state index is 0.819. The molecule has 0 rings (SSSR count). The van der Waals surface area contributed by atoms with Crippen LogP contribution in [0.1, 0.15) is 47.5 Å². The number of allylic oxidation sites excluding steroid dienone is 4. The van der Waals surface area contributed by atoms with E-state index in [9.17, 15) is 0 Å². The summed E-state index contributed by atoms with van der Waals surface area (Å²) >= 11 is 0. The van der Waals surface area contributed by atoms with Gasteiger partial charge in [0.05, 0.1) is 0 Å². The topological polar surface area (TPSA) is 0 Å². The quantitative estimate of drug-likeness (QED) is 0.545. The zero-order chi connectivity index (χ0) is 9.56. The Kier molecular flexibility index (Phi) is 5.79. The molecule has 0 saturated heterocycles. The van der Waals surface area contributed by atoms with Crippen LogP contribution in [-0.2, 0) is 0 Å². The molecule has 0 unspecified atom stereocenters. The molecule has 12 heavy (non-hydrogen) atoms. The van der Waals surface area contributed by atoms with Crippen molar-refractivity contribution in [2.45, 2.75) is 47.5 Å². The lowest BCUT2D eigenvalue weighted by Crippen LogP contribution is -1.87. The summed E-state index contributed by atoms with van der Waals surface area (Å²) in [6, 6.07) is 0. The summed E-state index contributed by atoms with van der Waals surface area (Å²) in [6.07, 6.45) is 6.98. The Balaban J connectivity index is 3.86. The van der Waals surface area contributed by atoms with E-state index in [1.54, 1.807) is 0 Å². The van der Waals surface area contributed by atoms with E-state index in [1.807, 2.05) is 0 Å². The molecule has 0 radical (unpaired) electrons. The second kappa shape index (κ2) is 6.05. The number of rotatable bonds is 4. The van der Waals surface area contributed by atoms with Crippen molar-refractivity contribution >= 4 is 0 Å². The average molecular weight is 166 g/mol. The Morgan fingerprint density at radius 2 is 1.83 bits per heavy atom. The highest BCUT2D eigenvalue weighted by Gasteiger charge is 1.94. The fourth-order valence-corrected chi connectivity index (χ4v) is 1.06. The third-order valence-corrected chi connectivity index (χ3v) is 2.05. The molecule has 0 spiro atoms. The van der Waals surface area contributed by atoms with Gasteiger partial charge in [-0.3, -0.25) is 0 Å². The highest BCUT2D eigenvalue weighted by atomic mass is 14.0. The molecule has 0 aliphatic carbocycles. The Morgan fingerprint density at radius 1 is 1.25 bits per heavy atom. The van der Waals surface area contributed by atoms with Gasteiger partial charge in [-0.25, -0.2) is 0 Å². The van der Waals surface area contributed by atoms with Crippen LogP contribution in [0, 0.1) is 5.92 Å². The second-order valence-electron chi connectivity index (χ2n) is 3.96. The molecule has 0 atom stereocenters. The summed E-state index contributed by atoms with van der Waals surface area (Å²) in [7, 11) is 0. The first kappa shape index (κ1) is 11.5. The third-order valence-electron chi connectivity index (χ3n) is 2.05. The van der Waals surface area contributed by atoms with Crippen molar-refractivity contribution in [2.24, 2.45) is 5.92 Å². The highest BCUT2D eigenvalue weighted by Crippen LogP contribution is 2.12. The molecule has 0 saturated carbocycles. The predicted molar refractivity (Wildman–Crippen MR) is 57.3 cm³/mol. The molecule has 0 amide bonds. The molecule has 0 aromatic carbocycles. The van der Waals surface area contributed by atoms with E-state index >= 15 is 0 Å². The molecule has 0 heterocycles. The van der Waals surface area contributed by atoms with E-state index in [1.165, 1.54) is 24.0 Å². The Bertz CT molecular complexity index is 170. The van der Waals surface area contributed by atoms with Gasteiger partial charge >= 0.3 is 0 Å². The Morgan fingerprint density at radius 3 is 2.25 bits per heavy atom. The zero-order valence-corrected chi connectivity index (χ0v) is 9.15. The normalized spacial score (nSPS) is 14.2. The lowest BCUT2D eigenvalue weighted by atomic mass is 10.0. The minimum Gasteiger partial charge on any atom is -0.0847 e. The maximum Gasteiger partial charge on any atom is -0.0317 e. The predicted octanol–water partition coefficient (Wildman–Crippen LogP) is 4.34. The summed E-state index contributed by atoms with van der Waals surface area (Å²) in [4.78, 5) is 0. The lowest BCUT2D eigenvalue weighted by molar-refractivity contribution is 0.584. The minimum atomic E-state index is 0.819. The first-order valence-corrected chi connectivity index (χ1v) is 4.86. The molecule has 0 aliphatic heterocycles. The summed E-state index contributed by atoms with van der Waals surface area (Å²) in [5.74, 6) is 0.819. The molecular weight excluding hydrogens is 144 g/mol. The smallest absolute Gasteiger partial charge is 0.0317 e. The van der Waals surface area contributed by atoms with Crippen molar-refractivity contribution in [3.63, 3.8) is 0 Å². The van der Waals surface area contributed by atoms with Gasteiger partial charge in [0.15, 0.2) is 0 Å². The summed E-state index contributed by atoms with van der Waals surface area (Å²) < 4.78 is 0. The second-order valence-corrected chi connectivity index (χ2v) is 3.96. The SMILES string of the molecule is C/C=C(C)\C=C(\C)CCC(C)C. The van der Waals surface area contributed by atoms with Gasteiger partial charge in [-0.15, -0.1) is 0 Å². The highest BCUT2D eigenvalue weighted by molar-refractivity contribution is 5.19. The van der Waals surface area contributed by atoms with Crippen molar-refractivity contribution in [1.82, 2.24) is 0 Å². The van der Waals surface area contributed by atoms with E-state index in [-0.39, 0.29) is 0 Å². The summed E-state index contributed by atoms with van der Waals surface area (Å²) in [6.45, 7) is 11.0. The standard InChI is InChI=1S/C12H22/c1-6-11(4)9-12(5)8-7-10(2)3/h6,9-10H,7-8H2,1-5H3/b11-6-,12-9-. The largest absolute Gasteiger partial charge is 0.0847 e. The van der Waals surface area contributed by atoms with Gasteiger partial charge in [-0.05, 0) is 39.5 Å². The molecule has 0 heteroatoms. The van der Waals surface area contributed by atoms with Gasteiger partial charge in [0.2, 0.25) is 0 Å². The van der Waals surface area contributed by atoms with Gasteiger partial charge in [-0.1, -0.05) is 37.1 Å². The van der Waals surface area contributed by atoms with Crippen molar-refractivity contribution in [2.75, 3.05) is 0 Å². The number of hydrogen-bond acceptors (Lipinski definition) is 0. The van der Waals surface area contributed by atoms with Gasteiger partial charge in [0.1, 0.15) is 0 Å². The Hall–Kier alpha value is -0.520. The average Bonchev–Trinajstić information content (AvgIpc) is 2.00. The van der Waals surface area contributed by atoms with Crippen molar-refractivity contribution < 1.29 is 0 Å². The molecule has 0 bridgehead atoms. The first-order chi connectivity index (χ1) is 5.56. The number of hydrogen-bond donors (Lipinski definition) is 0. The van der Waals surface area contributed by atoms with Crippen LogP contribution in [0.3, 0.4) is 0 Å². The molecule has 0 fully saturated rings. The molecule has 0 N–H and O–H groups in total. The van der Waals surface area contributed by atoms with Crippen LogP contribution in [0.15, 0.2) is 23.3 Å². The molecule has 70 valence electrons. The van der Waals surface area contributed by atoms with E-state index in [2.05, 4.69) is 46.8 Å². The van der Waals surface area contributed by atoms with Gasteiger partial charge in [0, 0.05) is 0 Å². The maximum absolute atomic E-state index is 2.28. The maximum atomic E-state index is 2.28. The Labute approximate surface area is 77.4 Å². The summed E-state index contributed by atoms with van der Waals surface area (Å²) in [5.41, 5.74) is 2.87. The van der Waals surface area contributed by atoms with E-state index in [0.717, 1.165) is 5.92 Å². The fraction of sp³-hybridized carbons (Fsp3) is 0.667. The van der Waals surface area contributed by atoms with Crippen LogP contribution in [0.5, 0.6) is 0 Å². The fourth-order valence-electron chi connectivity index (χ4n) is 1.06. The van der Waals surface area contributed by atoms with Gasteiger partial charge in [-0.2, -0.15) is 0 Å². The van der Waals surface area contributed by atoms with E-state index < -0.39 is 0 Å². The first-order valence-electron chi connectivity index (χ1n) is 4.86. The van der Waals surface area contributed by atoms with Crippen LogP contribution >= 0.6 is 0 Å². The molecule has 0 aromatic rings. The van der Waals surface area contributed by atoms with Crippen LogP contribution < -0.4 is 0 Å². The monoisotopic (exact) mass is 166 g/mol. The van der Waals surface area contributed by atoms with Crippen LogP contribution in [0.2, 0.25) is 0 Å². The zero-order valence-electron chi connectivity index (χ0n) is 9.15. The van der Waals surface area contributed by atoms with Crippen LogP contribution in [-0.4, -0.2) is 0 Å². The third kappa shape index (κ3) is 6.21. The van der Waals surface area contributed by atoms with Crippen molar-refractivity contribution in [1.29, 1.82) is 0 Å². The summed E-state index contributed by atoms with van der Waals surface area (Å²) in [5, 5.41) is 0. The van der Waals surface area contributed by atoms with Crippen molar-refractivity contribution in [3.8, 4) is 0 Å². The van der Waals surface area contributed by atoms with Crippen molar-refractivity contribution in [3.05, 3.63) is 23.3 Å². The lowest BCUT2D eigenvalue weighted by Gasteiger charge is -2.04. The van der Waals surface area contributed by atoms with Gasteiger partial charge < -0.3 is 0 Å². The molecule has 0 aromatic heterocycles. The molecule has 0 nitrogen and oxygen atoms in total. The van der Waals surface area contributed by atoms with Gasteiger partial charge in [0.25, 0.3) is 0 Å². The molecular formula is C12H22. The van der Waals surface area contributed by atoms with E-state index in [0.29, 0.717) is 0 Å².